The standard InChI is InChI=1S/C6H16O3SSi.Na.H2O.H/c1-11(2,3)6-4-5-10(7,8)9;;;/h4-6H2,1-3H3,(H,7,8,9);;1H2;. The van der Waals surface area contributed by atoms with E-state index in [1.807, 2.05) is 0 Å². The Bertz CT molecular complexity index is 209. The van der Waals surface area contributed by atoms with Crippen molar-refractivity contribution in [1.82, 2.24) is 0 Å². The Balaban J connectivity index is -0.000000500. The summed E-state index contributed by atoms with van der Waals surface area (Å²) in [6.07, 6.45) is 0.592. The van der Waals surface area contributed by atoms with Gasteiger partial charge in [-0.25, -0.2) is 0 Å². The quantitative estimate of drug-likeness (QED) is 0.558. The van der Waals surface area contributed by atoms with E-state index in [0.717, 1.165) is 6.04 Å². The minimum atomic E-state index is -3.72. The van der Waals surface area contributed by atoms with Gasteiger partial charge in [0.25, 0.3) is 10.1 Å². The van der Waals surface area contributed by atoms with Crippen molar-refractivity contribution < 1.29 is 18.4 Å². The van der Waals surface area contributed by atoms with Crippen LogP contribution in [0.2, 0.25) is 25.7 Å². The number of hydrogen-bond acceptors (Lipinski definition) is 2. The first-order chi connectivity index (χ1) is 4.71. The monoisotopic (exact) mass is 238 g/mol. The summed E-state index contributed by atoms with van der Waals surface area (Å²) in [5.74, 6) is -0.0860. The van der Waals surface area contributed by atoms with E-state index in [1.54, 1.807) is 0 Å². The first kappa shape index (κ1) is 19.6. The van der Waals surface area contributed by atoms with E-state index in [1.165, 1.54) is 0 Å². The summed E-state index contributed by atoms with van der Waals surface area (Å²) in [6.45, 7) is 6.53. The fourth-order valence-corrected chi connectivity index (χ4v) is 2.79. The summed E-state index contributed by atoms with van der Waals surface area (Å²) >= 11 is 0. The van der Waals surface area contributed by atoms with Crippen molar-refractivity contribution in [1.29, 1.82) is 0 Å². The van der Waals surface area contributed by atoms with E-state index in [-0.39, 0.29) is 40.8 Å². The van der Waals surface area contributed by atoms with Crippen LogP contribution < -0.4 is 0 Å². The van der Waals surface area contributed by atoms with Crippen LogP contribution in [0.4, 0.5) is 0 Å². The summed E-state index contributed by atoms with van der Waals surface area (Å²) < 4.78 is 29.0. The molecular weight excluding hydrogens is 219 g/mol. The maximum absolute atomic E-state index is 10.3. The number of rotatable bonds is 4. The molecule has 0 fully saturated rings. The zero-order valence-electron chi connectivity index (χ0n) is 7.79. The van der Waals surface area contributed by atoms with E-state index in [4.69, 9.17) is 4.55 Å². The Labute approximate surface area is 103 Å². The van der Waals surface area contributed by atoms with Crippen LogP contribution in [0.1, 0.15) is 6.42 Å². The molecule has 78 valence electrons. The van der Waals surface area contributed by atoms with Gasteiger partial charge in [0.1, 0.15) is 0 Å². The van der Waals surface area contributed by atoms with E-state index < -0.39 is 18.2 Å². The van der Waals surface area contributed by atoms with Crippen LogP contribution >= 0.6 is 0 Å². The second-order valence-corrected chi connectivity index (χ2v) is 11.1. The van der Waals surface area contributed by atoms with Gasteiger partial charge in [-0.05, 0) is 6.42 Å². The van der Waals surface area contributed by atoms with Crippen molar-refractivity contribution in [2.75, 3.05) is 5.75 Å². The first-order valence-corrected chi connectivity index (χ1v) is 8.97. The Morgan fingerprint density at radius 3 is 1.85 bits per heavy atom. The third-order valence-electron chi connectivity index (χ3n) is 1.33. The summed E-state index contributed by atoms with van der Waals surface area (Å²) in [4.78, 5) is 0. The summed E-state index contributed by atoms with van der Waals surface area (Å²) in [6, 6.07) is 0.951. The predicted molar refractivity (Wildman–Crippen MR) is 59.9 cm³/mol. The Morgan fingerprint density at radius 1 is 1.23 bits per heavy atom. The summed E-state index contributed by atoms with van der Waals surface area (Å²) in [5.41, 5.74) is 0. The van der Waals surface area contributed by atoms with Gasteiger partial charge < -0.3 is 5.48 Å². The molecule has 7 heteroatoms. The molecule has 0 unspecified atom stereocenters. The Morgan fingerprint density at radius 2 is 1.62 bits per heavy atom. The minimum absolute atomic E-state index is 0. The molecule has 0 heterocycles. The fraction of sp³-hybridized carbons (Fsp3) is 1.00. The van der Waals surface area contributed by atoms with Crippen LogP contribution in [0.15, 0.2) is 0 Å². The normalized spacial score (nSPS) is 11.4. The molecule has 0 aliphatic heterocycles. The van der Waals surface area contributed by atoms with Crippen LogP contribution in [0.25, 0.3) is 0 Å². The molecule has 0 aromatic rings. The molecule has 0 atom stereocenters. The summed E-state index contributed by atoms with van der Waals surface area (Å²) in [7, 11) is -4.86. The molecule has 0 bridgehead atoms. The molecule has 0 rings (SSSR count). The summed E-state index contributed by atoms with van der Waals surface area (Å²) in [5, 5.41) is 0. The van der Waals surface area contributed by atoms with Gasteiger partial charge in [0, 0.05) is 8.07 Å². The second-order valence-electron chi connectivity index (χ2n) is 3.95. The van der Waals surface area contributed by atoms with Crippen molar-refractivity contribution in [2.24, 2.45) is 0 Å². The average molecular weight is 238 g/mol. The van der Waals surface area contributed by atoms with Crippen molar-refractivity contribution in [3.05, 3.63) is 0 Å². The molecule has 0 radical (unpaired) electrons. The van der Waals surface area contributed by atoms with Crippen molar-refractivity contribution in [3.63, 3.8) is 0 Å². The molecule has 13 heavy (non-hydrogen) atoms. The molecule has 0 aromatic heterocycles. The SMILES string of the molecule is C[Si](C)(C)CCCS(=O)(=O)O.O.[NaH]. The molecule has 0 aromatic carbocycles. The zero-order valence-corrected chi connectivity index (χ0v) is 9.61. The third kappa shape index (κ3) is 19.5. The van der Waals surface area contributed by atoms with Gasteiger partial charge in [0.05, 0.1) is 5.75 Å². The van der Waals surface area contributed by atoms with Crippen LogP contribution in [0.3, 0.4) is 0 Å². The molecule has 0 aliphatic rings. The van der Waals surface area contributed by atoms with Gasteiger partial charge in [-0.3, -0.25) is 4.55 Å². The zero-order chi connectivity index (χ0) is 9.12. The molecule has 4 nitrogen and oxygen atoms in total. The molecule has 0 aliphatic carbocycles. The van der Waals surface area contributed by atoms with Gasteiger partial charge in [-0.15, -0.1) is 0 Å². The predicted octanol–water partition coefficient (Wildman–Crippen LogP) is 0.129. The van der Waals surface area contributed by atoms with Crippen LogP contribution in [-0.2, 0) is 10.1 Å². The molecular formula is C6H19NaO4SSi. The van der Waals surface area contributed by atoms with Gasteiger partial charge in [0.15, 0.2) is 0 Å². The molecule has 0 saturated carbocycles. The van der Waals surface area contributed by atoms with Crippen LogP contribution in [-0.4, -0.2) is 61.8 Å². The van der Waals surface area contributed by atoms with E-state index in [9.17, 15) is 8.42 Å². The van der Waals surface area contributed by atoms with Gasteiger partial charge >= 0.3 is 29.6 Å². The van der Waals surface area contributed by atoms with Crippen LogP contribution in [0.5, 0.6) is 0 Å². The second kappa shape index (κ2) is 7.39. The maximum atomic E-state index is 10.3. The van der Waals surface area contributed by atoms with Gasteiger partial charge in [-0.2, -0.15) is 8.42 Å². The van der Waals surface area contributed by atoms with Crippen molar-refractivity contribution >= 4 is 47.7 Å². The molecule has 0 saturated heterocycles. The third-order valence-corrected chi connectivity index (χ3v) is 3.99. The van der Waals surface area contributed by atoms with Gasteiger partial charge in [0.2, 0.25) is 0 Å². The van der Waals surface area contributed by atoms with Crippen LogP contribution in [0, 0.1) is 0 Å². The molecule has 0 spiro atoms. The molecule has 3 N–H and O–H groups in total. The van der Waals surface area contributed by atoms with Crippen molar-refractivity contribution in [2.45, 2.75) is 32.1 Å². The van der Waals surface area contributed by atoms with E-state index >= 15 is 0 Å². The Hall–Kier alpha value is 1.09. The number of hydrogen-bond donors (Lipinski definition) is 1. The van der Waals surface area contributed by atoms with E-state index in [2.05, 4.69) is 19.6 Å². The van der Waals surface area contributed by atoms with E-state index in [0.29, 0.717) is 6.42 Å². The molecule has 0 amide bonds. The van der Waals surface area contributed by atoms with Gasteiger partial charge in [-0.1, -0.05) is 25.7 Å². The fourth-order valence-electron chi connectivity index (χ4n) is 0.785. The van der Waals surface area contributed by atoms with Crippen molar-refractivity contribution in [3.8, 4) is 0 Å². The topological polar surface area (TPSA) is 85.9 Å². The average Bonchev–Trinajstić information content (AvgIpc) is 1.55. The Kier molecular flexibility index (Phi) is 11.2. The first-order valence-electron chi connectivity index (χ1n) is 3.66.